The molecule has 0 radical (unpaired) electrons. The van der Waals surface area contributed by atoms with Crippen LogP contribution in [-0.4, -0.2) is 11.8 Å². The lowest BCUT2D eigenvalue weighted by Crippen LogP contribution is -2.08. The SMILES string of the molecule is C=Cc1ccc(OC(=O)CCl)cc1. The molecule has 2 nitrogen and oxygen atoms in total. The number of rotatable bonds is 3. The molecule has 0 fully saturated rings. The summed E-state index contributed by atoms with van der Waals surface area (Å²) in [6.07, 6.45) is 1.72. The van der Waals surface area contributed by atoms with E-state index in [0.717, 1.165) is 5.56 Å². The molecule has 0 aliphatic rings. The maximum Gasteiger partial charge on any atom is 0.326 e. The summed E-state index contributed by atoms with van der Waals surface area (Å²) in [6.45, 7) is 3.61. The van der Waals surface area contributed by atoms with Crippen LogP contribution in [0.1, 0.15) is 5.56 Å². The van der Waals surface area contributed by atoms with Crippen molar-refractivity contribution in [2.45, 2.75) is 0 Å². The molecule has 0 heterocycles. The predicted molar refractivity (Wildman–Crippen MR) is 52.9 cm³/mol. The van der Waals surface area contributed by atoms with Crippen LogP contribution in [0.5, 0.6) is 5.75 Å². The Labute approximate surface area is 81.8 Å². The molecule has 1 aromatic carbocycles. The van der Waals surface area contributed by atoms with Gasteiger partial charge in [0.15, 0.2) is 0 Å². The van der Waals surface area contributed by atoms with Crippen LogP contribution in [0.3, 0.4) is 0 Å². The minimum absolute atomic E-state index is 0.136. The van der Waals surface area contributed by atoms with Gasteiger partial charge in [0.05, 0.1) is 0 Å². The molecule has 0 atom stereocenters. The Morgan fingerprint density at radius 2 is 2.08 bits per heavy atom. The first-order valence-corrected chi connectivity index (χ1v) is 4.29. The van der Waals surface area contributed by atoms with E-state index in [9.17, 15) is 4.79 Å². The highest BCUT2D eigenvalue weighted by Gasteiger charge is 2.00. The molecule has 1 rings (SSSR count). The lowest BCUT2D eigenvalue weighted by molar-refractivity contribution is -0.131. The van der Waals surface area contributed by atoms with E-state index < -0.39 is 5.97 Å². The van der Waals surface area contributed by atoms with Crippen LogP contribution in [-0.2, 0) is 4.79 Å². The van der Waals surface area contributed by atoms with Crippen LogP contribution in [0.2, 0.25) is 0 Å². The summed E-state index contributed by atoms with van der Waals surface area (Å²) in [5, 5.41) is 0. The van der Waals surface area contributed by atoms with Gasteiger partial charge < -0.3 is 4.74 Å². The van der Waals surface area contributed by atoms with E-state index in [1.165, 1.54) is 0 Å². The number of ether oxygens (including phenoxy) is 1. The van der Waals surface area contributed by atoms with Crippen LogP contribution in [0.25, 0.3) is 6.08 Å². The summed E-state index contributed by atoms with van der Waals surface area (Å²) in [5.41, 5.74) is 0.977. The first-order valence-electron chi connectivity index (χ1n) is 3.75. The zero-order valence-electron chi connectivity index (χ0n) is 7.00. The summed E-state index contributed by atoms with van der Waals surface area (Å²) in [6, 6.07) is 7.01. The van der Waals surface area contributed by atoms with Crippen LogP contribution >= 0.6 is 11.6 Å². The highest BCUT2D eigenvalue weighted by Crippen LogP contribution is 2.12. The average Bonchev–Trinajstić information content (AvgIpc) is 2.19. The fourth-order valence-electron chi connectivity index (χ4n) is 0.831. The first-order chi connectivity index (χ1) is 6.26. The molecule has 0 bridgehead atoms. The van der Waals surface area contributed by atoms with Gasteiger partial charge in [0, 0.05) is 0 Å². The van der Waals surface area contributed by atoms with Crippen molar-refractivity contribution in [2.75, 3.05) is 5.88 Å². The average molecular weight is 197 g/mol. The highest BCUT2D eigenvalue weighted by atomic mass is 35.5. The monoisotopic (exact) mass is 196 g/mol. The van der Waals surface area contributed by atoms with Crippen molar-refractivity contribution in [3.05, 3.63) is 36.4 Å². The molecule has 0 aliphatic heterocycles. The quantitative estimate of drug-likeness (QED) is 0.422. The topological polar surface area (TPSA) is 26.3 Å². The Kier molecular flexibility index (Phi) is 3.53. The van der Waals surface area contributed by atoms with E-state index in [-0.39, 0.29) is 5.88 Å². The number of hydrogen-bond acceptors (Lipinski definition) is 2. The lowest BCUT2D eigenvalue weighted by atomic mass is 10.2. The van der Waals surface area contributed by atoms with E-state index in [4.69, 9.17) is 16.3 Å². The third-order valence-electron chi connectivity index (χ3n) is 1.46. The molecule has 68 valence electrons. The van der Waals surface area contributed by atoms with Crippen LogP contribution < -0.4 is 4.74 Å². The Balaban J connectivity index is 2.69. The molecule has 0 amide bonds. The van der Waals surface area contributed by atoms with Crippen molar-refractivity contribution >= 4 is 23.6 Å². The maximum absolute atomic E-state index is 10.8. The number of alkyl halides is 1. The van der Waals surface area contributed by atoms with Crippen molar-refractivity contribution in [3.8, 4) is 5.75 Å². The minimum Gasteiger partial charge on any atom is -0.426 e. The van der Waals surface area contributed by atoms with Gasteiger partial charge in [-0.25, -0.2) is 0 Å². The lowest BCUT2D eigenvalue weighted by Gasteiger charge is -2.01. The molecule has 0 aromatic heterocycles. The highest BCUT2D eigenvalue weighted by molar-refractivity contribution is 6.26. The number of benzene rings is 1. The molecule has 3 heteroatoms. The zero-order chi connectivity index (χ0) is 9.68. The Hall–Kier alpha value is -1.28. The molecular weight excluding hydrogens is 188 g/mol. The fourth-order valence-corrected chi connectivity index (χ4v) is 0.885. The molecule has 0 spiro atoms. The van der Waals surface area contributed by atoms with Crippen LogP contribution in [0.4, 0.5) is 0 Å². The van der Waals surface area contributed by atoms with Gasteiger partial charge in [-0.15, -0.1) is 11.6 Å². The number of esters is 1. The molecule has 0 saturated carbocycles. The van der Waals surface area contributed by atoms with E-state index in [0.29, 0.717) is 5.75 Å². The summed E-state index contributed by atoms with van der Waals surface area (Å²) < 4.78 is 4.86. The van der Waals surface area contributed by atoms with Gasteiger partial charge in [-0.05, 0) is 17.7 Å². The molecule has 0 N–H and O–H groups in total. The third-order valence-corrected chi connectivity index (χ3v) is 1.67. The molecular formula is C10H9ClO2. The maximum atomic E-state index is 10.8. The standard InChI is InChI=1S/C10H9ClO2/c1-2-8-3-5-9(6-4-8)13-10(12)7-11/h2-6H,1,7H2. The van der Waals surface area contributed by atoms with Gasteiger partial charge in [0.1, 0.15) is 11.6 Å². The normalized spacial score (nSPS) is 9.31. The second-order valence-corrected chi connectivity index (χ2v) is 2.65. The second kappa shape index (κ2) is 4.67. The molecule has 1 aromatic rings. The number of carbonyl (C=O) groups excluding carboxylic acids is 1. The number of hydrogen-bond donors (Lipinski definition) is 0. The van der Waals surface area contributed by atoms with Crippen molar-refractivity contribution in [2.24, 2.45) is 0 Å². The van der Waals surface area contributed by atoms with Gasteiger partial charge in [-0.2, -0.15) is 0 Å². The Morgan fingerprint density at radius 3 is 2.54 bits per heavy atom. The van der Waals surface area contributed by atoms with Crippen molar-refractivity contribution < 1.29 is 9.53 Å². The van der Waals surface area contributed by atoms with Gasteiger partial charge in [-0.1, -0.05) is 24.8 Å². The predicted octanol–water partition coefficient (Wildman–Crippen LogP) is 2.47. The molecule has 13 heavy (non-hydrogen) atoms. The molecule has 0 aliphatic carbocycles. The summed E-state index contributed by atoms with van der Waals surface area (Å²) in [7, 11) is 0. The summed E-state index contributed by atoms with van der Waals surface area (Å²) in [5.74, 6) is -0.0901. The van der Waals surface area contributed by atoms with Crippen molar-refractivity contribution in [1.29, 1.82) is 0 Å². The van der Waals surface area contributed by atoms with E-state index >= 15 is 0 Å². The fraction of sp³-hybridized carbons (Fsp3) is 0.100. The first kappa shape index (κ1) is 9.81. The number of carbonyl (C=O) groups is 1. The van der Waals surface area contributed by atoms with E-state index in [1.807, 2.05) is 12.1 Å². The van der Waals surface area contributed by atoms with Gasteiger partial charge in [-0.3, -0.25) is 4.79 Å². The third kappa shape index (κ3) is 2.92. The van der Waals surface area contributed by atoms with Crippen molar-refractivity contribution in [1.82, 2.24) is 0 Å². The van der Waals surface area contributed by atoms with Crippen molar-refractivity contribution in [3.63, 3.8) is 0 Å². The molecule has 0 saturated heterocycles. The van der Waals surface area contributed by atoms with E-state index in [1.54, 1.807) is 18.2 Å². The van der Waals surface area contributed by atoms with Gasteiger partial charge in [0.2, 0.25) is 0 Å². The van der Waals surface area contributed by atoms with E-state index in [2.05, 4.69) is 6.58 Å². The van der Waals surface area contributed by atoms with Crippen LogP contribution in [0, 0.1) is 0 Å². The Morgan fingerprint density at radius 1 is 1.46 bits per heavy atom. The zero-order valence-corrected chi connectivity index (χ0v) is 7.75. The second-order valence-electron chi connectivity index (χ2n) is 2.38. The van der Waals surface area contributed by atoms with Gasteiger partial charge in [0.25, 0.3) is 0 Å². The summed E-state index contributed by atoms with van der Waals surface area (Å²) >= 11 is 5.27. The van der Waals surface area contributed by atoms with Crippen LogP contribution in [0.15, 0.2) is 30.8 Å². The largest absolute Gasteiger partial charge is 0.426 e. The summed E-state index contributed by atoms with van der Waals surface area (Å²) in [4.78, 5) is 10.8. The Bertz CT molecular complexity index is 303. The molecule has 0 unspecified atom stereocenters. The van der Waals surface area contributed by atoms with Gasteiger partial charge >= 0.3 is 5.97 Å². The number of halogens is 1. The smallest absolute Gasteiger partial charge is 0.326 e. The minimum atomic E-state index is -0.451.